The minimum absolute atomic E-state index is 0.220. The fraction of sp³-hybridized carbons (Fsp3) is 0.143. The van der Waals surface area contributed by atoms with Crippen LogP contribution in [0.3, 0.4) is 0 Å². The Morgan fingerprint density at radius 3 is 2.67 bits per heavy atom. The van der Waals surface area contributed by atoms with Gasteiger partial charge >= 0.3 is 6.41 Å². The Morgan fingerprint density at radius 1 is 1.17 bits per heavy atom. The van der Waals surface area contributed by atoms with Crippen LogP contribution in [-0.4, -0.2) is 18.5 Å². The zero-order valence-electron chi connectivity index (χ0n) is 9.94. The molecule has 1 radical (unpaired) electrons. The van der Waals surface area contributed by atoms with Crippen molar-refractivity contribution in [3.05, 3.63) is 48.0 Å². The summed E-state index contributed by atoms with van der Waals surface area (Å²) in [4.78, 5) is 22.2. The number of fused-ring (bicyclic) bond motifs is 1. The molecule has 0 saturated carbocycles. The van der Waals surface area contributed by atoms with Gasteiger partial charge in [-0.1, -0.05) is 36.4 Å². The molecule has 1 atom stereocenters. The SMILES string of the molecule is CC(N[C]=O)NC(=O)c1cccc2ccccc12. The molecule has 0 spiro atoms. The summed E-state index contributed by atoms with van der Waals surface area (Å²) >= 11 is 0. The number of carbonyl (C=O) groups is 1. The molecule has 1 unspecified atom stereocenters. The van der Waals surface area contributed by atoms with Crippen molar-refractivity contribution >= 4 is 23.1 Å². The Kier molecular flexibility index (Phi) is 3.57. The van der Waals surface area contributed by atoms with E-state index in [-0.39, 0.29) is 5.91 Å². The highest BCUT2D eigenvalue weighted by Gasteiger charge is 2.11. The lowest BCUT2D eigenvalue weighted by Gasteiger charge is -2.13. The molecule has 0 aliphatic rings. The van der Waals surface area contributed by atoms with Crippen LogP contribution < -0.4 is 10.6 Å². The Bertz CT molecular complexity index is 576. The van der Waals surface area contributed by atoms with Gasteiger partial charge in [-0.3, -0.25) is 9.59 Å². The van der Waals surface area contributed by atoms with E-state index in [2.05, 4.69) is 10.6 Å². The van der Waals surface area contributed by atoms with Crippen molar-refractivity contribution in [3.8, 4) is 0 Å². The van der Waals surface area contributed by atoms with Gasteiger partial charge in [-0.15, -0.1) is 0 Å². The standard InChI is InChI=1S/C14H13N2O2/c1-10(15-9-17)16-14(18)13-8-4-6-11-5-2-3-7-12(11)13/h2-8,10H,1H3,(H,15,17)(H,16,18). The van der Waals surface area contributed by atoms with Crippen LogP contribution in [0.1, 0.15) is 17.3 Å². The van der Waals surface area contributed by atoms with E-state index in [4.69, 9.17) is 0 Å². The van der Waals surface area contributed by atoms with Gasteiger partial charge in [0.1, 0.15) is 0 Å². The third-order valence-electron chi connectivity index (χ3n) is 2.66. The first-order valence-corrected chi connectivity index (χ1v) is 5.63. The summed E-state index contributed by atoms with van der Waals surface area (Å²) in [5.41, 5.74) is 0.590. The zero-order chi connectivity index (χ0) is 13.0. The van der Waals surface area contributed by atoms with E-state index in [9.17, 15) is 9.59 Å². The summed E-state index contributed by atoms with van der Waals surface area (Å²) in [6.45, 7) is 1.67. The Labute approximate surface area is 105 Å². The van der Waals surface area contributed by atoms with Crippen molar-refractivity contribution in [2.24, 2.45) is 0 Å². The molecule has 91 valence electrons. The number of amides is 2. The van der Waals surface area contributed by atoms with Crippen molar-refractivity contribution < 1.29 is 9.59 Å². The lowest BCUT2D eigenvalue weighted by Crippen LogP contribution is -2.42. The van der Waals surface area contributed by atoms with Gasteiger partial charge in [0.05, 0.1) is 6.17 Å². The van der Waals surface area contributed by atoms with Gasteiger partial charge in [0.15, 0.2) is 0 Å². The number of benzene rings is 2. The molecule has 0 bridgehead atoms. The largest absolute Gasteiger partial charge is 0.332 e. The zero-order valence-corrected chi connectivity index (χ0v) is 9.94. The molecule has 0 fully saturated rings. The fourth-order valence-electron chi connectivity index (χ4n) is 1.82. The van der Waals surface area contributed by atoms with Crippen LogP contribution in [-0.2, 0) is 4.79 Å². The molecule has 0 saturated heterocycles. The molecule has 18 heavy (non-hydrogen) atoms. The van der Waals surface area contributed by atoms with E-state index >= 15 is 0 Å². The summed E-state index contributed by atoms with van der Waals surface area (Å²) in [6.07, 6.45) is 1.10. The minimum atomic E-state index is -0.450. The van der Waals surface area contributed by atoms with Crippen LogP contribution >= 0.6 is 0 Å². The predicted octanol–water partition coefficient (Wildman–Crippen LogP) is 1.57. The molecule has 2 N–H and O–H groups in total. The average molecular weight is 241 g/mol. The molecule has 2 aromatic rings. The molecule has 0 aliphatic heterocycles. The third-order valence-corrected chi connectivity index (χ3v) is 2.66. The summed E-state index contributed by atoms with van der Waals surface area (Å²) in [7, 11) is 0. The molecule has 4 heteroatoms. The Hall–Kier alpha value is -2.36. The first kappa shape index (κ1) is 12.1. The summed E-state index contributed by atoms with van der Waals surface area (Å²) in [5.74, 6) is -0.220. The van der Waals surface area contributed by atoms with E-state index in [0.717, 1.165) is 10.8 Å². The first-order valence-electron chi connectivity index (χ1n) is 5.63. The Morgan fingerprint density at radius 2 is 1.89 bits per heavy atom. The van der Waals surface area contributed by atoms with Gasteiger partial charge in [-0.25, -0.2) is 0 Å². The normalized spacial score (nSPS) is 11.8. The second kappa shape index (κ2) is 5.31. The third kappa shape index (κ3) is 2.48. The van der Waals surface area contributed by atoms with Crippen LogP contribution in [0.15, 0.2) is 42.5 Å². The summed E-state index contributed by atoms with van der Waals surface area (Å²) in [6, 6.07) is 13.2. The molecule has 2 aromatic carbocycles. The van der Waals surface area contributed by atoms with Crippen LogP contribution in [0, 0.1) is 0 Å². The van der Waals surface area contributed by atoms with Gasteiger partial charge in [0.25, 0.3) is 5.91 Å². The molecule has 4 nitrogen and oxygen atoms in total. The molecule has 0 heterocycles. The van der Waals surface area contributed by atoms with E-state index in [1.54, 1.807) is 19.4 Å². The maximum atomic E-state index is 12.1. The van der Waals surface area contributed by atoms with E-state index < -0.39 is 6.17 Å². The maximum Gasteiger partial charge on any atom is 0.310 e. The number of hydrogen-bond donors (Lipinski definition) is 2. The maximum absolute atomic E-state index is 12.1. The van der Waals surface area contributed by atoms with Crippen LogP contribution in [0.5, 0.6) is 0 Å². The van der Waals surface area contributed by atoms with E-state index in [0.29, 0.717) is 5.56 Å². The second-order valence-electron chi connectivity index (χ2n) is 3.97. The van der Waals surface area contributed by atoms with Crippen molar-refractivity contribution in [3.63, 3.8) is 0 Å². The smallest absolute Gasteiger partial charge is 0.310 e. The first-order chi connectivity index (χ1) is 8.72. The summed E-state index contributed by atoms with van der Waals surface area (Å²) < 4.78 is 0. The lowest BCUT2D eigenvalue weighted by atomic mass is 10.0. The van der Waals surface area contributed by atoms with Crippen LogP contribution in [0.4, 0.5) is 0 Å². The van der Waals surface area contributed by atoms with E-state index in [1.807, 2.05) is 36.4 Å². The topological polar surface area (TPSA) is 58.2 Å². The number of nitrogens with one attached hydrogen (secondary N) is 2. The predicted molar refractivity (Wildman–Crippen MR) is 69.7 cm³/mol. The Balaban J connectivity index is 2.30. The van der Waals surface area contributed by atoms with Gasteiger partial charge in [-0.2, -0.15) is 0 Å². The monoisotopic (exact) mass is 241 g/mol. The van der Waals surface area contributed by atoms with Gasteiger partial charge < -0.3 is 10.6 Å². The van der Waals surface area contributed by atoms with Crippen LogP contribution in [0.2, 0.25) is 0 Å². The van der Waals surface area contributed by atoms with Gasteiger partial charge in [-0.05, 0) is 23.8 Å². The highest BCUT2D eigenvalue weighted by atomic mass is 16.2. The fourth-order valence-corrected chi connectivity index (χ4v) is 1.82. The highest BCUT2D eigenvalue weighted by molar-refractivity contribution is 6.07. The molecule has 0 aromatic heterocycles. The van der Waals surface area contributed by atoms with Crippen LogP contribution in [0.25, 0.3) is 10.8 Å². The lowest BCUT2D eigenvalue weighted by molar-refractivity contribution is 0.0939. The molecule has 0 aliphatic carbocycles. The molecule has 2 rings (SSSR count). The van der Waals surface area contributed by atoms with Crippen molar-refractivity contribution in [2.75, 3.05) is 0 Å². The molecule has 2 amide bonds. The second-order valence-corrected chi connectivity index (χ2v) is 3.97. The highest BCUT2D eigenvalue weighted by Crippen LogP contribution is 2.18. The van der Waals surface area contributed by atoms with Gasteiger partial charge in [0, 0.05) is 5.56 Å². The van der Waals surface area contributed by atoms with Crippen molar-refractivity contribution in [2.45, 2.75) is 13.1 Å². The number of carbonyl (C=O) groups excluding carboxylic acids is 2. The van der Waals surface area contributed by atoms with Crippen molar-refractivity contribution in [1.29, 1.82) is 0 Å². The molecular weight excluding hydrogens is 228 g/mol. The molecular formula is C14H13N2O2. The summed E-state index contributed by atoms with van der Waals surface area (Å²) in [5, 5.41) is 6.93. The van der Waals surface area contributed by atoms with E-state index in [1.165, 1.54) is 0 Å². The van der Waals surface area contributed by atoms with Crippen molar-refractivity contribution in [1.82, 2.24) is 10.6 Å². The average Bonchev–Trinajstić information content (AvgIpc) is 2.38. The quantitative estimate of drug-likeness (QED) is 0.630. The number of hydrogen-bond acceptors (Lipinski definition) is 2. The number of rotatable bonds is 4. The van der Waals surface area contributed by atoms with Gasteiger partial charge in [0.2, 0.25) is 0 Å². The minimum Gasteiger partial charge on any atom is -0.332 e.